The Morgan fingerprint density at radius 1 is 0.264 bits per heavy atom. The highest BCUT2D eigenvalue weighted by Gasteiger charge is 2.36. The molecule has 0 radical (unpaired) electrons. The van der Waals surface area contributed by atoms with Crippen LogP contribution in [0.2, 0.25) is 0 Å². The van der Waals surface area contributed by atoms with Gasteiger partial charge in [-0.05, 0) is 195 Å². The number of aryl methyl sites for hydroxylation is 2. The molecule has 0 bridgehead atoms. The summed E-state index contributed by atoms with van der Waals surface area (Å²) in [7, 11) is 0. The second-order valence-corrected chi connectivity index (χ2v) is 22.7. The maximum atomic E-state index is 14.7. The van der Waals surface area contributed by atoms with Crippen molar-refractivity contribution >= 4 is 87.0 Å². The van der Waals surface area contributed by atoms with E-state index in [0.717, 1.165) is 117 Å². The molecule has 87 heavy (non-hydrogen) atoms. The molecule has 0 amide bonds. The molecule has 0 atom stereocenters. The van der Waals surface area contributed by atoms with Crippen molar-refractivity contribution in [2.24, 2.45) is 0 Å². The van der Waals surface area contributed by atoms with Gasteiger partial charge in [-0.2, -0.15) is 26.3 Å². The maximum Gasteiger partial charge on any atom is 0.418 e. The lowest BCUT2D eigenvalue weighted by atomic mass is 9.86. The van der Waals surface area contributed by atoms with E-state index in [1.54, 1.807) is 12.1 Å². The van der Waals surface area contributed by atoms with Crippen molar-refractivity contribution in [1.29, 1.82) is 0 Å². The summed E-state index contributed by atoms with van der Waals surface area (Å²) >= 11 is 0. The average Bonchev–Trinajstić information content (AvgIpc) is 2.16. The number of benzene rings is 13. The van der Waals surface area contributed by atoms with E-state index in [1.165, 1.54) is 56.3 Å². The normalized spacial score (nSPS) is 12.4. The average molecular weight is 1140 g/mol. The van der Waals surface area contributed by atoms with E-state index in [4.69, 9.17) is 0 Å². The Labute approximate surface area is 495 Å². The van der Waals surface area contributed by atoms with Crippen LogP contribution in [-0.4, -0.2) is 13.7 Å². The van der Waals surface area contributed by atoms with Gasteiger partial charge in [-0.25, -0.2) is 0 Å². The number of para-hydroxylation sites is 2. The predicted molar refractivity (Wildman–Crippen MR) is 346 cm³/mol. The Morgan fingerprint density at radius 2 is 0.632 bits per heavy atom. The topological polar surface area (TPSA) is 14.8 Å². The minimum atomic E-state index is -4.73. The summed E-state index contributed by atoms with van der Waals surface area (Å²) in [4.78, 5) is 0. The van der Waals surface area contributed by atoms with Crippen LogP contribution < -0.4 is 0 Å². The van der Waals surface area contributed by atoms with E-state index < -0.39 is 23.5 Å². The molecule has 16 aromatic rings. The molecule has 0 aliphatic carbocycles. The van der Waals surface area contributed by atoms with Gasteiger partial charge in [-0.15, -0.1) is 0 Å². The number of fused-ring (bicyclic) bond motifs is 11. The van der Waals surface area contributed by atoms with E-state index in [1.807, 2.05) is 18.2 Å². The minimum absolute atomic E-state index is 0.176. The van der Waals surface area contributed by atoms with Crippen LogP contribution in [-0.2, 0) is 12.4 Å². The molecule has 3 nitrogen and oxygen atoms in total. The van der Waals surface area contributed by atoms with Gasteiger partial charge in [0.1, 0.15) is 0 Å². The van der Waals surface area contributed by atoms with Gasteiger partial charge in [-0.3, -0.25) is 0 Å². The largest absolute Gasteiger partial charge is 0.418 e. The van der Waals surface area contributed by atoms with Gasteiger partial charge >= 0.3 is 12.4 Å². The molecule has 0 unspecified atom stereocenters. The van der Waals surface area contributed by atoms with Crippen molar-refractivity contribution < 1.29 is 26.3 Å². The third-order valence-electron chi connectivity index (χ3n) is 17.7. The monoisotopic (exact) mass is 1140 g/mol. The maximum absolute atomic E-state index is 14.7. The lowest BCUT2D eigenvalue weighted by Crippen LogP contribution is -2.10. The lowest BCUT2D eigenvalue weighted by molar-refractivity contribution is -0.138. The van der Waals surface area contributed by atoms with Crippen molar-refractivity contribution in [3.05, 3.63) is 283 Å². The second-order valence-electron chi connectivity index (χ2n) is 22.7. The van der Waals surface area contributed by atoms with Gasteiger partial charge in [0.15, 0.2) is 0 Å². The van der Waals surface area contributed by atoms with Crippen molar-refractivity contribution in [2.45, 2.75) is 26.2 Å². The Hall–Kier alpha value is -10.6. The molecule has 3 aromatic heterocycles. The third-order valence-corrected chi connectivity index (χ3v) is 17.7. The summed E-state index contributed by atoms with van der Waals surface area (Å²) in [6.07, 6.45) is -9.42. The summed E-state index contributed by atoms with van der Waals surface area (Å²) in [5.74, 6) is 0. The predicted octanol–water partition coefficient (Wildman–Crippen LogP) is 22.6. The van der Waals surface area contributed by atoms with Crippen LogP contribution in [0.5, 0.6) is 0 Å². The van der Waals surface area contributed by atoms with Gasteiger partial charge in [-0.1, -0.05) is 157 Å². The zero-order valence-corrected chi connectivity index (χ0v) is 46.9. The number of halogens is 6. The van der Waals surface area contributed by atoms with Crippen molar-refractivity contribution in [2.75, 3.05) is 0 Å². The molecule has 0 aliphatic heterocycles. The molecule has 16 rings (SSSR count). The van der Waals surface area contributed by atoms with E-state index in [9.17, 15) is 26.3 Å². The summed E-state index contributed by atoms with van der Waals surface area (Å²) in [6, 6.07) is 85.0. The van der Waals surface area contributed by atoms with Crippen LogP contribution in [0.15, 0.2) is 261 Å². The molecule has 0 saturated carbocycles. The van der Waals surface area contributed by atoms with Crippen LogP contribution >= 0.6 is 0 Å². The minimum Gasteiger partial charge on any atom is -0.309 e. The molecule has 9 heteroatoms. The van der Waals surface area contributed by atoms with Crippen LogP contribution in [0.25, 0.3) is 149 Å². The van der Waals surface area contributed by atoms with Crippen LogP contribution in [0, 0.1) is 13.8 Å². The first-order valence-electron chi connectivity index (χ1n) is 28.9. The smallest absolute Gasteiger partial charge is 0.309 e. The SMILES string of the molecule is Cc1ccc2c(c1)c1cc(-c3ccc4c(c3)c3cc(-c5ccc6c(c5)c5cc(C(F)(F)F)ccc5n6-c5ccccc5C(F)(F)F)ccc3n4-c3ccc(-c4c5ccccc5c(-c5ccccc5)c5ccccc45)cc3)ccc1n2-c1ccccc1C. The first-order valence-corrected chi connectivity index (χ1v) is 28.9. The van der Waals surface area contributed by atoms with Gasteiger partial charge in [0.2, 0.25) is 0 Å². The Morgan fingerprint density at radius 3 is 1.11 bits per heavy atom. The first kappa shape index (κ1) is 52.0. The van der Waals surface area contributed by atoms with Crippen LogP contribution in [0.4, 0.5) is 26.3 Å². The molecule has 418 valence electrons. The molecule has 0 fully saturated rings. The molecular formula is C78H49F6N3. The zero-order valence-electron chi connectivity index (χ0n) is 46.9. The first-order chi connectivity index (χ1) is 42.2. The number of hydrogen-bond donors (Lipinski definition) is 0. The Kier molecular flexibility index (Phi) is 11.6. The van der Waals surface area contributed by atoms with E-state index in [2.05, 4.69) is 211 Å². The quantitative estimate of drug-likeness (QED) is 0.112. The Bertz CT molecular complexity index is 5450. The second kappa shape index (κ2) is 19.5. The zero-order chi connectivity index (χ0) is 59.0. The molecule has 0 saturated heterocycles. The summed E-state index contributed by atoms with van der Waals surface area (Å²) < 4.78 is 93.6. The number of alkyl halides is 6. The fraction of sp³-hybridized carbons (Fsp3) is 0.0513. The van der Waals surface area contributed by atoms with Crippen molar-refractivity contribution in [3.63, 3.8) is 0 Å². The van der Waals surface area contributed by atoms with E-state index >= 15 is 0 Å². The third kappa shape index (κ3) is 8.28. The summed E-state index contributed by atoms with van der Waals surface area (Å²) in [5, 5.41) is 9.45. The number of rotatable bonds is 7. The fourth-order valence-corrected chi connectivity index (χ4v) is 13.7. The molecule has 0 spiro atoms. The molecule has 0 aliphatic rings. The molecule has 3 heterocycles. The van der Waals surface area contributed by atoms with Gasteiger partial charge in [0.05, 0.1) is 49.9 Å². The van der Waals surface area contributed by atoms with E-state index in [-0.39, 0.29) is 16.6 Å². The Balaban J connectivity index is 0.896. The van der Waals surface area contributed by atoms with Crippen molar-refractivity contribution in [1.82, 2.24) is 13.7 Å². The molecular weight excluding hydrogens is 1090 g/mol. The van der Waals surface area contributed by atoms with Gasteiger partial charge in [0.25, 0.3) is 0 Å². The highest BCUT2D eigenvalue weighted by molar-refractivity contribution is 6.22. The lowest BCUT2D eigenvalue weighted by Gasteiger charge is -2.18. The van der Waals surface area contributed by atoms with Crippen LogP contribution in [0.3, 0.4) is 0 Å². The highest BCUT2D eigenvalue weighted by atomic mass is 19.4. The summed E-state index contributed by atoms with van der Waals surface area (Å²) in [6.45, 7) is 4.26. The highest BCUT2D eigenvalue weighted by Crippen LogP contribution is 2.47. The van der Waals surface area contributed by atoms with Gasteiger partial charge in [0, 0.05) is 43.7 Å². The van der Waals surface area contributed by atoms with E-state index in [0.29, 0.717) is 16.5 Å². The number of nitrogens with zero attached hydrogens (tertiary/aromatic N) is 3. The summed E-state index contributed by atoms with van der Waals surface area (Å²) in [5.41, 5.74) is 15.3. The van der Waals surface area contributed by atoms with Crippen molar-refractivity contribution in [3.8, 4) is 61.6 Å². The standard InChI is InChI=1S/C78H49F6N3/c1-46-24-34-70-60(40-46)61-41-52(29-37-71(61)86(70)67-22-12-6-14-47(67)2)50-27-35-68-62(42-50)63-43-51(53-30-38-72-64(44-53)65-45-54(77(79,80)81)31-39-73(65)87(72)74-23-13-11-21-66(74)78(82,83)84)28-36-69(63)85(68)55-32-25-49(26-33-55)76-58-19-9-7-17-56(58)75(48-15-4-3-5-16-48)57-18-8-10-20-59(57)76/h3-45H,1-2H3. The van der Waals surface area contributed by atoms with Gasteiger partial charge < -0.3 is 13.7 Å². The molecule has 0 N–H and O–H groups in total. The van der Waals surface area contributed by atoms with Crippen LogP contribution in [0.1, 0.15) is 22.3 Å². The number of aromatic nitrogens is 3. The fourth-order valence-electron chi connectivity index (χ4n) is 13.7. The number of hydrogen-bond acceptors (Lipinski definition) is 0. The molecule has 13 aromatic carbocycles.